The van der Waals surface area contributed by atoms with Crippen LogP contribution in [0.2, 0.25) is 5.02 Å². The van der Waals surface area contributed by atoms with E-state index in [0.717, 1.165) is 12.0 Å². The monoisotopic (exact) mass is 513 g/mol. The Morgan fingerprint density at radius 2 is 1.60 bits per heavy atom. The van der Waals surface area contributed by atoms with E-state index < -0.39 is 15.7 Å². The van der Waals surface area contributed by atoms with Crippen molar-refractivity contribution in [1.82, 2.24) is 5.32 Å². The Labute approximate surface area is 210 Å². The van der Waals surface area contributed by atoms with Crippen molar-refractivity contribution in [1.29, 1.82) is 0 Å². The van der Waals surface area contributed by atoms with Gasteiger partial charge in [0.1, 0.15) is 4.90 Å². The summed E-state index contributed by atoms with van der Waals surface area (Å²) >= 11 is 6.29. The molecule has 3 aromatic carbocycles. The van der Waals surface area contributed by atoms with Gasteiger partial charge in [0.25, 0.3) is 5.91 Å². The van der Waals surface area contributed by atoms with Gasteiger partial charge in [-0.1, -0.05) is 54.4 Å². The van der Waals surface area contributed by atoms with Crippen LogP contribution in [0.25, 0.3) is 0 Å². The molecule has 0 spiro atoms. The van der Waals surface area contributed by atoms with E-state index in [4.69, 9.17) is 11.6 Å². The molecule has 2 amide bonds. The summed E-state index contributed by atoms with van der Waals surface area (Å²) in [6.07, 6.45) is 0.775. The average Bonchev–Trinajstić information content (AvgIpc) is 2.83. The minimum absolute atomic E-state index is 0.00958. The Bertz CT molecular complexity index is 1320. The quantitative estimate of drug-likeness (QED) is 0.371. The summed E-state index contributed by atoms with van der Waals surface area (Å²) < 4.78 is 26.6. The van der Waals surface area contributed by atoms with Crippen LogP contribution >= 0.6 is 11.6 Å². The van der Waals surface area contributed by atoms with E-state index in [1.165, 1.54) is 18.2 Å². The number of carbonyl (C=O) groups excluding carboxylic acids is 2. The van der Waals surface area contributed by atoms with E-state index in [1.807, 2.05) is 20.8 Å². The lowest BCUT2D eigenvalue weighted by molar-refractivity contribution is -0.114. The molecule has 0 fully saturated rings. The molecule has 3 aromatic rings. The number of nitrogens with one attached hydrogen (secondary N) is 3. The summed E-state index contributed by atoms with van der Waals surface area (Å²) in [4.78, 5) is 25.3. The second kappa shape index (κ2) is 11.4. The van der Waals surface area contributed by atoms with Gasteiger partial charge in [0.2, 0.25) is 15.7 Å². The van der Waals surface area contributed by atoms with Gasteiger partial charge in [0.15, 0.2) is 0 Å². The number of aryl methyl sites for hydroxylation is 1. The number of amides is 2. The second-order valence-corrected chi connectivity index (χ2v) is 10.5. The molecule has 0 radical (unpaired) electrons. The first-order valence-electron chi connectivity index (χ1n) is 11.2. The molecule has 3 N–H and O–H groups in total. The molecule has 0 bridgehead atoms. The number of anilines is 2. The van der Waals surface area contributed by atoms with Crippen molar-refractivity contribution in [2.45, 2.75) is 43.0 Å². The van der Waals surface area contributed by atoms with Gasteiger partial charge in [0.05, 0.1) is 33.4 Å². The highest BCUT2D eigenvalue weighted by molar-refractivity contribution is 7.91. The molecule has 7 nitrogen and oxygen atoms in total. The fraction of sp³-hybridized carbons (Fsp3) is 0.231. The number of carbonyl (C=O) groups is 2. The Morgan fingerprint density at radius 1 is 0.943 bits per heavy atom. The molecule has 0 aliphatic carbocycles. The maximum atomic E-state index is 13.3. The van der Waals surface area contributed by atoms with E-state index in [1.54, 1.807) is 48.5 Å². The third kappa shape index (κ3) is 6.41. The third-order valence-electron chi connectivity index (χ3n) is 5.44. The van der Waals surface area contributed by atoms with Gasteiger partial charge in [-0.2, -0.15) is 0 Å². The van der Waals surface area contributed by atoms with Crippen molar-refractivity contribution in [2.24, 2.45) is 0 Å². The Hall–Kier alpha value is -3.36. The summed E-state index contributed by atoms with van der Waals surface area (Å²) in [5.41, 5.74) is 1.83. The number of para-hydroxylation sites is 1. The lowest BCUT2D eigenvalue weighted by atomic mass is 10.1. The maximum Gasteiger partial charge on any atom is 0.253 e. The van der Waals surface area contributed by atoms with Gasteiger partial charge >= 0.3 is 0 Å². The predicted molar refractivity (Wildman–Crippen MR) is 139 cm³/mol. The Morgan fingerprint density at radius 3 is 2.29 bits per heavy atom. The van der Waals surface area contributed by atoms with Crippen molar-refractivity contribution in [3.8, 4) is 0 Å². The van der Waals surface area contributed by atoms with Crippen molar-refractivity contribution < 1.29 is 18.0 Å². The second-order valence-electron chi connectivity index (χ2n) is 8.16. The molecule has 9 heteroatoms. The van der Waals surface area contributed by atoms with Crippen LogP contribution in [0.3, 0.4) is 0 Å². The van der Waals surface area contributed by atoms with E-state index in [0.29, 0.717) is 11.3 Å². The van der Waals surface area contributed by atoms with Crippen LogP contribution in [0, 0.1) is 6.92 Å². The smallest absolute Gasteiger partial charge is 0.253 e. The highest BCUT2D eigenvalue weighted by atomic mass is 35.5. The first-order valence-corrected chi connectivity index (χ1v) is 13.0. The van der Waals surface area contributed by atoms with E-state index in [9.17, 15) is 18.0 Å². The number of benzene rings is 3. The van der Waals surface area contributed by atoms with Crippen molar-refractivity contribution in [3.05, 3.63) is 82.9 Å². The number of sulfone groups is 1. The zero-order chi connectivity index (χ0) is 25.6. The van der Waals surface area contributed by atoms with E-state index in [2.05, 4.69) is 16.0 Å². The van der Waals surface area contributed by atoms with Crippen molar-refractivity contribution in [3.63, 3.8) is 0 Å². The molecule has 0 saturated carbocycles. The van der Waals surface area contributed by atoms with E-state index >= 15 is 0 Å². The minimum atomic E-state index is -3.94. The highest BCUT2D eigenvalue weighted by Crippen LogP contribution is 2.34. The molecule has 3 rings (SSSR count). The van der Waals surface area contributed by atoms with Gasteiger partial charge in [-0.05, 0) is 56.7 Å². The van der Waals surface area contributed by atoms with Gasteiger partial charge in [-0.15, -0.1) is 0 Å². The van der Waals surface area contributed by atoms with Crippen LogP contribution in [0.5, 0.6) is 0 Å². The SMILES string of the molecule is CCC(C)NC(=O)c1ccccc1NC(=O)CNc1cccc(Cl)c1S(=O)(=O)c1ccc(C)cc1. The molecule has 1 unspecified atom stereocenters. The molecule has 0 aliphatic heterocycles. The third-order valence-corrected chi connectivity index (χ3v) is 7.74. The number of hydrogen-bond donors (Lipinski definition) is 3. The number of hydrogen-bond acceptors (Lipinski definition) is 5. The summed E-state index contributed by atoms with van der Waals surface area (Å²) in [6.45, 7) is 5.49. The average molecular weight is 514 g/mol. The summed E-state index contributed by atoms with van der Waals surface area (Å²) in [7, 11) is -3.94. The fourth-order valence-corrected chi connectivity index (χ4v) is 5.28. The summed E-state index contributed by atoms with van der Waals surface area (Å²) in [5.74, 6) is -0.739. The largest absolute Gasteiger partial charge is 0.375 e. The molecule has 0 aliphatic rings. The zero-order valence-electron chi connectivity index (χ0n) is 19.8. The van der Waals surface area contributed by atoms with Gasteiger partial charge < -0.3 is 16.0 Å². The predicted octanol–water partition coefficient (Wildman–Crippen LogP) is 5.06. The standard InChI is InChI=1S/C26H28ClN3O4S/c1-4-18(3)29-26(32)20-8-5-6-10-22(20)30-24(31)16-28-23-11-7-9-21(27)25(23)35(33,34)19-14-12-17(2)13-15-19/h5-15,18,28H,4,16H2,1-3H3,(H,29,32)(H,30,31). The molecule has 35 heavy (non-hydrogen) atoms. The van der Waals surface area contributed by atoms with Gasteiger partial charge in [-0.3, -0.25) is 9.59 Å². The number of rotatable bonds is 9. The van der Waals surface area contributed by atoms with Gasteiger partial charge in [0, 0.05) is 6.04 Å². The molecule has 1 atom stereocenters. The number of halogens is 1. The van der Waals surface area contributed by atoms with Crippen LogP contribution in [0.4, 0.5) is 11.4 Å². The van der Waals surface area contributed by atoms with Crippen molar-refractivity contribution >= 4 is 44.6 Å². The normalized spacial score (nSPS) is 12.0. The molecule has 0 heterocycles. The minimum Gasteiger partial charge on any atom is -0.375 e. The lowest BCUT2D eigenvalue weighted by Crippen LogP contribution is -2.33. The van der Waals surface area contributed by atoms with Crippen molar-refractivity contribution in [2.75, 3.05) is 17.2 Å². The zero-order valence-corrected chi connectivity index (χ0v) is 21.3. The van der Waals surface area contributed by atoms with E-state index in [-0.39, 0.29) is 39.0 Å². The highest BCUT2D eigenvalue weighted by Gasteiger charge is 2.25. The summed E-state index contributed by atoms with van der Waals surface area (Å²) in [6, 6.07) is 17.8. The summed E-state index contributed by atoms with van der Waals surface area (Å²) in [5, 5.41) is 8.52. The van der Waals surface area contributed by atoms with Crippen LogP contribution in [0.15, 0.2) is 76.5 Å². The van der Waals surface area contributed by atoms with Crippen LogP contribution in [-0.2, 0) is 14.6 Å². The molecular weight excluding hydrogens is 486 g/mol. The molecule has 0 saturated heterocycles. The molecule has 184 valence electrons. The molecule has 0 aromatic heterocycles. The van der Waals surface area contributed by atoms with Crippen LogP contribution < -0.4 is 16.0 Å². The van der Waals surface area contributed by atoms with Crippen LogP contribution in [0.1, 0.15) is 36.2 Å². The maximum absolute atomic E-state index is 13.3. The Balaban J connectivity index is 1.79. The topological polar surface area (TPSA) is 104 Å². The fourth-order valence-electron chi connectivity index (χ4n) is 3.32. The first kappa shape index (κ1) is 26.2. The molecular formula is C26H28ClN3O4S. The van der Waals surface area contributed by atoms with Crippen LogP contribution in [-0.4, -0.2) is 32.8 Å². The first-order chi connectivity index (χ1) is 16.6. The lowest BCUT2D eigenvalue weighted by Gasteiger charge is -2.16. The Kier molecular flexibility index (Phi) is 8.53. The van der Waals surface area contributed by atoms with Gasteiger partial charge in [-0.25, -0.2) is 8.42 Å².